The fourth-order valence-electron chi connectivity index (χ4n) is 2.34. The molecule has 1 fully saturated rings. The van der Waals surface area contributed by atoms with Gasteiger partial charge in [-0.3, -0.25) is 9.59 Å². The van der Waals surface area contributed by atoms with Crippen LogP contribution < -0.4 is 0 Å². The molecule has 110 valence electrons. The van der Waals surface area contributed by atoms with Crippen molar-refractivity contribution < 1.29 is 14.7 Å². The van der Waals surface area contributed by atoms with Gasteiger partial charge in [0, 0.05) is 13.1 Å². The molecule has 1 N–H and O–H groups in total. The van der Waals surface area contributed by atoms with Gasteiger partial charge in [-0.1, -0.05) is 30.3 Å². The summed E-state index contributed by atoms with van der Waals surface area (Å²) < 4.78 is 0. The van der Waals surface area contributed by atoms with Crippen LogP contribution >= 0.6 is 24.2 Å². The molecule has 1 aliphatic rings. The molecule has 0 saturated carbocycles. The zero-order chi connectivity index (χ0) is 13.8. The maximum atomic E-state index is 12.5. The molecule has 6 heteroatoms. The van der Waals surface area contributed by atoms with E-state index >= 15 is 0 Å². The number of carbonyl (C=O) groups excluding carboxylic acids is 1. The van der Waals surface area contributed by atoms with Crippen LogP contribution in [0.2, 0.25) is 0 Å². The minimum atomic E-state index is -0.810. The third kappa shape index (κ3) is 3.67. The van der Waals surface area contributed by atoms with Crippen LogP contribution in [-0.4, -0.2) is 41.2 Å². The minimum absolute atomic E-state index is 0. The lowest BCUT2D eigenvalue weighted by Crippen LogP contribution is -2.33. The predicted octanol–water partition coefficient (Wildman–Crippen LogP) is 2.45. The summed E-state index contributed by atoms with van der Waals surface area (Å²) in [5.41, 5.74) is 0.971. The van der Waals surface area contributed by atoms with E-state index in [2.05, 4.69) is 0 Å². The number of hydrogen-bond donors (Lipinski definition) is 1. The number of aliphatic carboxylic acids is 1. The Labute approximate surface area is 128 Å². The molecule has 0 radical (unpaired) electrons. The van der Waals surface area contributed by atoms with E-state index in [1.54, 1.807) is 4.90 Å². The highest BCUT2D eigenvalue weighted by atomic mass is 35.5. The number of amides is 1. The van der Waals surface area contributed by atoms with E-state index in [4.69, 9.17) is 5.11 Å². The zero-order valence-corrected chi connectivity index (χ0v) is 12.8. The van der Waals surface area contributed by atoms with Crippen molar-refractivity contribution in [2.24, 2.45) is 5.92 Å². The van der Waals surface area contributed by atoms with E-state index in [0.29, 0.717) is 19.5 Å². The highest BCUT2D eigenvalue weighted by molar-refractivity contribution is 7.99. The van der Waals surface area contributed by atoms with Crippen LogP contribution in [0.25, 0.3) is 0 Å². The number of rotatable bonds is 4. The summed E-state index contributed by atoms with van der Waals surface area (Å²) in [4.78, 5) is 25.1. The van der Waals surface area contributed by atoms with E-state index < -0.39 is 11.9 Å². The number of benzene rings is 1. The number of halogens is 1. The molecular weight excluding hydrogens is 298 g/mol. The van der Waals surface area contributed by atoms with Gasteiger partial charge in [0.15, 0.2) is 0 Å². The number of hydrogen-bond acceptors (Lipinski definition) is 3. The molecule has 0 aromatic heterocycles. The largest absolute Gasteiger partial charge is 0.481 e. The van der Waals surface area contributed by atoms with Crippen molar-refractivity contribution in [3.63, 3.8) is 0 Å². The summed E-state index contributed by atoms with van der Waals surface area (Å²) >= 11 is 1.49. The number of likely N-dealkylation sites (tertiary alicyclic amines) is 1. The number of nitrogens with zero attached hydrogens (tertiary/aromatic N) is 1. The lowest BCUT2D eigenvalue weighted by Gasteiger charge is -2.22. The van der Waals surface area contributed by atoms with E-state index in [0.717, 1.165) is 5.56 Å². The van der Waals surface area contributed by atoms with Crippen LogP contribution in [0.4, 0.5) is 0 Å². The van der Waals surface area contributed by atoms with Gasteiger partial charge in [-0.2, -0.15) is 0 Å². The van der Waals surface area contributed by atoms with Crippen LogP contribution in [-0.2, 0) is 9.59 Å². The Morgan fingerprint density at radius 2 is 2.00 bits per heavy atom. The molecule has 1 aromatic carbocycles. The summed E-state index contributed by atoms with van der Waals surface area (Å²) in [7, 11) is 0. The molecule has 0 spiro atoms. The third-order valence-corrected chi connectivity index (χ3v) is 4.36. The molecule has 2 atom stereocenters. The monoisotopic (exact) mass is 315 g/mol. The molecule has 2 unspecified atom stereocenters. The first-order chi connectivity index (χ1) is 9.13. The molecule has 20 heavy (non-hydrogen) atoms. The second-order valence-corrected chi connectivity index (χ2v) is 5.58. The second-order valence-electron chi connectivity index (χ2n) is 4.63. The van der Waals surface area contributed by atoms with Gasteiger partial charge in [-0.15, -0.1) is 24.2 Å². The summed E-state index contributed by atoms with van der Waals surface area (Å²) in [6.07, 6.45) is 2.46. The van der Waals surface area contributed by atoms with Crippen LogP contribution in [0.15, 0.2) is 30.3 Å². The van der Waals surface area contributed by atoms with Crippen molar-refractivity contribution in [3.05, 3.63) is 35.9 Å². The van der Waals surface area contributed by atoms with Crippen molar-refractivity contribution in [3.8, 4) is 0 Å². The molecular formula is C14H18ClNO3S. The first-order valence-corrected chi connectivity index (χ1v) is 7.51. The van der Waals surface area contributed by atoms with E-state index in [9.17, 15) is 9.59 Å². The predicted molar refractivity (Wildman–Crippen MR) is 82.3 cm³/mol. The highest BCUT2D eigenvalue weighted by Gasteiger charge is 2.34. The lowest BCUT2D eigenvalue weighted by atomic mass is 10.1. The molecule has 0 bridgehead atoms. The fraction of sp³-hybridized carbons (Fsp3) is 0.429. The Hall–Kier alpha value is -1.20. The standard InChI is InChI=1S/C14H17NO3S.ClH/c1-19-12(10-5-3-2-4-6-10)13(16)15-8-7-11(9-15)14(17)18;/h2-6,11-12H,7-9H2,1H3,(H,17,18);1H. The molecule has 2 rings (SSSR count). The van der Waals surface area contributed by atoms with Gasteiger partial charge in [0.1, 0.15) is 5.25 Å². The Kier molecular flexibility index (Phi) is 6.36. The van der Waals surface area contributed by atoms with Gasteiger partial charge >= 0.3 is 5.97 Å². The summed E-state index contributed by atoms with van der Waals surface area (Å²) in [5, 5.41) is 8.74. The molecule has 1 amide bonds. The Morgan fingerprint density at radius 1 is 1.35 bits per heavy atom. The minimum Gasteiger partial charge on any atom is -0.481 e. The lowest BCUT2D eigenvalue weighted by molar-refractivity contribution is -0.141. The average Bonchev–Trinajstić information content (AvgIpc) is 2.90. The summed E-state index contributed by atoms with van der Waals surface area (Å²) in [6, 6.07) is 9.61. The number of carboxylic acid groups (broad SMARTS) is 1. The van der Waals surface area contributed by atoms with Crippen LogP contribution in [0.3, 0.4) is 0 Å². The smallest absolute Gasteiger partial charge is 0.308 e. The van der Waals surface area contributed by atoms with E-state index in [1.165, 1.54) is 11.8 Å². The highest BCUT2D eigenvalue weighted by Crippen LogP contribution is 2.30. The molecule has 1 heterocycles. The van der Waals surface area contributed by atoms with Crippen LogP contribution in [0.1, 0.15) is 17.2 Å². The Bertz CT molecular complexity index is 469. The van der Waals surface area contributed by atoms with Gasteiger partial charge < -0.3 is 10.0 Å². The van der Waals surface area contributed by atoms with Gasteiger partial charge in [0.2, 0.25) is 5.91 Å². The normalized spacial score (nSPS) is 19.2. The summed E-state index contributed by atoms with van der Waals surface area (Å²) in [6.45, 7) is 0.873. The molecule has 1 aliphatic heterocycles. The number of carbonyl (C=O) groups is 2. The molecule has 0 aliphatic carbocycles. The molecule has 1 saturated heterocycles. The van der Waals surface area contributed by atoms with Crippen molar-refractivity contribution >= 4 is 36.0 Å². The quantitative estimate of drug-likeness (QED) is 0.927. The van der Waals surface area contributed by atoms with Crippen molar-refractivity contribution in [1.29, 1.82) is 0 Å². The Morgan fingerprint density at radius 3 is 2.50 bits per heavy atom. The van der Waals surface area contributed by atoms with Gasteiger partial charge in [-0.05, 0) is 18.2 Å². The molecule has 4 nitrogen and oxygen atoms in total. The topological polar surface area (TPSA) is 57.6 Å². The van der Waals surface area contributed by atoms with E-state index in [1.807, 2.05) is 36.6 Å². The summed E-state index contributed by atoms with van der Waals surface area (Å²) in [5.74, 6) is -1.21. The van der Waals surface area contributed by atoms with Gasteiger partial charge in [-0.25, -0.2) is 0 Å². The third-order valence-electron chi connectivity index (χ3n) is 3.41. The maximum absolute atomic E-state index is 12.5. The maximum Gasteiger partial charge on any atom is 0.308 e. The Balaban J connectivity index is 0.00000200. The zero-order valence-electron chi connectivity index (χ0n) is 11.2. The number of carboxylic acids is 1. The van der Waals surface area contributed by atoms with Crippen molar-refractivity contribution in [2.45, 2.75) is 11.7 Å². The number of thioether (sulfide) groups is 1. The van der Waals surface area contributed by atoms with Gasteiger partial charge in [0.05, 0.1) is 5.92 Å². The van der Waals surface area contributed by atoms with Crippen LogP contribution in [0, 0.1) is 5.92 Å². The average molecular weight is 316 g/mol. The van der Waals surface area contributed by atoms with Crippen molar-refractivity contribution in [1.82, 2.24) is 4.90 Å². The SMILES string of the molecule is CSC(C(=O)N1CCC(C(=O)O)C1)c1ccccc1.Cl. The van der Waals surface area contributed by atoms with Crippen molar-refractivity contribution in [2.75, 3.05) is 19.3 Å². The second kappa shape index (κ2) is 7.55. The fourth-order valence-corrected chi connectivity index (χ4v) is 3.12. The van der Waals surface area contributed by atoms with E-state index in [-0.39, 0.29) is 23.6 Å². The molecule has 1 aromatic rings. The first-order valence-electron chi connectivity index (χ1n) is 6.23. The van der Waals surface area contributed by atoms with Gasteiger partial charge in [0.25, 0.3) is 0 Å². The first kappa shape index (κ1) is 16.9. The van der Waals surface area contributed by atoms with Crippen LogP contribution in [0.5, 0.6) is 0 Å².